The molecule has 2 aromatic rings. The molecule has 0 fully saturated rings. The summed E-state index contributed by atoms with van der Waals surface area (Å²) >= 11 is 1.40. The lowest BCUT2D eigenvalue weighted by atomic mass is 10.1. The third-order valence-electron chi connectivity index (χ3n) is 3.21. The minimum atomic E-state index is -0.127. The summed E-state index contributed by atoms with van der Waals surface area (Å²) in [5.74, 6) is 0.0848. The minimum Gasteiger partial charge on any atom is -0.325 e. The molecule has 0 unspecified atom stereocenters. The van der Waals surface area contributed by atoms with E-state index in [-0.39, 0.29) is 17.6 Å². The second kappa shape index (κ2) is 7.83. The predicted octanol–water partition coefficient (Wildman–Crippen LogP) is 3.99. The van der Waals surface area contributed by atoms with E-state index in [0.29, 0.717) is 0 Å². The molecule has 0 bridgehead atoms. The highest BCUT2D eigenvalue weighted by Crippen LogP contribution is 2.27. The number of para-hydroxylation sites is 1. The van der Waals surface area contributed by atoms with Crippen LogP contribution in [0, 0.1) is 13.8 Å². The van der Waals surface area contributed by atoms with Gasteiger partial charge in [-0.15, -0.1) is 11.8 Å². The molecule has 0 radical (unpaired) electrons. The summed E-state index contributed by atoms with van der Waals surface area (Å²) in [7, 11) is 0. The van der Waals surface area contributed by atoms with Crippen molar-refractivity contribution in [3.05, 3.63) is 53.6 Å². The van der Waals surface area contributed by atoms with Crippen molar-refractivity contribution in [3.8, 4) is 0 Å². The first-order chi connectivity index (χ1) is 11.0. The van der Waals surface area contributed by atoms with Gasteiger partial charge < -0.3 is 10.6 Å². The van der Waals surface area contributed by atoms with Crippen molar-refractivity contribution in [2.75, 3.05) is 16.4 Å². The fourth-order valence-corrected chi connectivity index (χ4v) is 2.98. The maximum Gasteiger partial charge on any atom is 0.234 e. The highest BCUT2D eigenvalue weighted by molar-refractivity contribution is 8.00. The highest BCUT2D eigenvalue weighted by Gasteiger charge is 2.09. The Balaban J connectivity index is 1.98. The minimum absolute atomic E-state index is 0.0698. The van der Waals surface area contributed by atoms with Crippen LogP contribution in [0.4, 0.5) is 11.4 Å². The first kappa shape index (κ1) is 17.1. The molecule has 0 saturated carbocycles. The topological polar surface area (TPSA) is 58.2 Å². The average molecular weight is 328 g/mol. The maximum absolute atomic E-state index is 12.1. The molecular weight excluding hydrogens is 308 g/mol. The zero-order valence-electron chi connectivity index (χ0n) is 13.5. The van der Waals surface area contributed by atoms with Crippen molar-refractivity contribution in [2.45, 2.75) is 25.7 Å². The Kier molecular flexibility index (Phi) is 5.82. The summed E-state index contributed by atoms with van der Waals surface area (Å²) in [5.41, 5.74) is 3.77. The summed E-state index contributed by atoms with van der Waals surface area (Å²) in [4.78, 5) is 24.2. The standard InChI is InChI=1S/C18H20N2O2S/c1-12-8-9-15(13(2)10-12)20-18(22)11-23-17-7-5-4-6-16(17)19-14(3)21/h4-10H,11H2,1-3H3,(H,19,21)(H,20,22). The molecular formula is C18H20N2O2S. The largest absolute Gasteiger partial charge is 0.325 e. The number of amides is 2. The molecule has 120 valence electrons. The van der Waals surface area contributed by atoms with Crippen LogP contribution >= 0.6 is 11.8 Å². The van der Waals surface area contributed by atoms with Crippen LogP contribution in [0.1, 0.15) is 18.1 Å². The van der Waals surface area contributed by atoms with Crippen LogP contribution in [0.2, 0.25) is 0 Å². The van der Waals surface area contributed by atoms with Crippen LogP contribution in [0.25, 0.3) is 0 Å². The van der Waals surface area contributed by atoms with Gasteiger partial charge in [-0.05, 0) is 37.6 Å². The first-order valence-corrected chi connectivity index (χ1v) is 8.31. The Morgan fingerprint density at radius 2 is 1.74 bits per heavy atom. The number of rotatable bonds is 5. The molecule has 4 nitrogen and oxygen atoms in total. The maximum atomic E-state index is 12.1. The monoisotopic (exact) mass is 328 g/mol. The van der Waals surface area contributed by atoms with E-state index in [9.17, 15) is 9.59 Å². The van der Waals surface area contributed by atoms with Crippen LogP contribution in [0.15, 0.2) is 47.4 Å². The summed E-state index contributed by atoms with van der Waals surface area (Å²) in [6.07, 6.45) is 0. The lowest BCUT2D eigenvalue weighted by Gasteiger charge is -2.11. The molecule has 5 heteroatoms. The van der Waals surface area contributed by atoms with Crippen molar-refractivity contribution >= 4 is 35.0 Å². The number of carbonyl (C=O) groups excluding carboxylic acids is 2. The van der Waals surface area contributed by atoms with Crippen LogP contribution in [-0.4, -0.2) is 17.6 Å². The van der Waals surface area contributed by atoms with Crippen LogP contribution < -0.4 is 10.6 Å². The van der Waals surface area contributed by atoms with E-state index in [1.165, 1.54) is 24.2 Å². The van der Waals surface area contributed by atoms with Gasteiger partial charge in [-0.2, -0.15) is 0 Å². The fraction of sp³-hybridized carbons (Fsp3) is 0.222. The summed E-state index contributed by atoms with van der Waals surface area (Å²) in [6, 6.07) is 13.4. The summed E-state index contributed by atoms with van der Waals surface area (Å²) in [6.45, 7) is 5.46. The Morgan fingerprint density at radius 3 is 2.43 bits per heavy atom. The van der Waals surface area contributed by atoms with E-state index in [0.717, 1.165) is 21.8 Å². The molecule has 0 heterocycles. The first-order valence-electron chi connectivity index (χ1n) is 7.32. The van der Waals surface area contributed by atoms with Crippen LogP contribution in [0.5, 0.6) is 0 Å². The van der Waals surface area contributed by atoms with Crippen molar-refractivity contribution in [2.24, 2.45) is 0 Å². The van der Waals surface area contributed by atoms with Crippen molar-refractivity contribution in [1.82, 2.24) is 0 Å². The van der Waals surface area contributed by atoms with Gasteiger partial charge in [-0.1, -0.05) is 29.8 Å². The van der Waals surface area contributed by atoms with Crippen molar-refractivity contribution in [3.63, 3.8) is 0 Å². The van der Waals surface area contributed by atoms with E-state index in [4.69, 9.17) is 0 Å². The lowest BCUT2D eigenvalue weighted by Crippen LogP contribution is -2.15. The van der Waals surface area contributed by atoms with Gasteiger partial charge >= 0.3 is 0 Å². The third kappa shape index (κ3) is 5.14. The van der Waals surface area contributed by atoms with Gasteiger partial charge in [0.25, 0.3) is 0 Å². The molecule has 0 aliphatic carbocycles. The van der Waals surface area contributed by atoms with Gasteiger partial charge in [0, 0.05) is 17.5 Å². The molecule has 0 aliphatic rings. The Morgan fingerprint density at radius 1 is 1.00 bits per heavy atom. The van der Waals surface area contributed by atoms with Gasteiger partial charge in [0.1, 0.15) is 0 Å². The average Bonchev–Trinajstić information content (AvgIpc) is 2.49. The second-order valence-corrected chi connectivity index (χ2v) is 6.35. The van der Waals surface area contributed by atoms with Gasteiger partial charge in [-0.3, -0.25) is 9.59 Å². The van der Waals surface area contributed by atoms with Crippen molar-refractivity contribution in [1.29, 1.82) is 0 Å². The molecule has 0 atom stereocenters. The molecule has 2 aromatic carbocycles. The van der Waals surface area contributed by atoms with Crippen LogP contribution in [0.3, 0.4) is 0 Å². The number of nitrogens with one attached hydrogen (secondary N) is 2. The number of thioether (sulfide) groups is 1. The Hall–Kier alpha value is -2.27. The highest BCUT2D eigenvalue weighted by atomic mass is 32.2. The number of carbonyl (C=O) groups is 2. The quantitative estimate of drug-likeness (QED) is 0.816. The smallest absolute Gasteiger partial charge is 0.234 e. The van der Waals surface area contributed by atoms with Gasteiger partial charge in [0.15, 0.2) is 0 Å². The van der Waals surface area contributed by atoms with Crippen molar-refractivity contribution < 1.29 is 9.59 Å². The normalized spacial score (nSPS) is 10.2. The molecule has 0 spiro atoms. The Bertz CT molecular complexity index is 729. The van der Waals surface area contributed by atoms with Gasteiger partial charge in [0.05, 0.1) is 11.4 Å². The second-order valence-electron chi connectivity index (χ2n) is 5.33. The molecule has 23 heavy (non-hydrogen) atoms. The van der Waals surface area contributed by atoms with E-state index in [1.807, 2.05) is 56.3 Å². The van der Waals surface area contributed by atoms with Crippen LogP contribution in [-0.2, 0) is 9.59 Å². The molecule has 0 saturated heterocycles. The SMILES string of the molecule is CC(=O)Nc1ccccc1SCC(=O)Nc1ccc(C)cc1C. The zero-order chi connectivity index (χ0) is 16.8. The van der Waals surface area contributed by atoms with E-state index < -0.39 is 0 Å². The lowest BCUT2D eigenvalue weighted by molar-refractivity contribution is -0.114. The van der Waals surface area contributed by atoms with E-state index in [2.05, 4.69) is 10.6 Å². The third-order valence-corrected chi connectivity index (χ3v) is 4.29. The Labute approximate surface area is 140 Å². The number of hydrogen-bond acceptors (Lipinski definition) is 3. The predicted molar refractivity (Wildman–Crippen MR) is 96.0 cm³/mol. The summed E-state index contributed by atoms with van der Waals surface area (Å²) < 4.78 is 0. The number of aryl methyl sites for hydroxylation is 2. The molecule has 0 aromatic heterocycles. The zero-order valence-corrected chi connectivity index (χ0v) is 14.3. The van der Waals surface area contributed by atoms with Gasteiger partial charge in [0.2, 0.25) is 11.8 Å². The number of benzene rings is 2. The summed E-state index contributed by atoms with van der Waals surface area (Å²) in [5, 5.41) is 5.69. The molecule has 2 amide bonds. The molecule has 2 rings (SSSR count). The van der Waals surface area contributed by atoms with E-state index in [1.54, 1.807) is 0 Å². The molecule has 2 N–H and O–H groups in total. The van der Waals surface area contributed by atoms with Gasteiger partial charge in [-0.25, -0.2) is 0 Å². The number of anilines is 2. The molecule has 0 aliphatic heterocycles. The van der Waals surface area contributed by atoms with E-state index >= 15 is 0 Å². The number of hydrogen-bond donors (Lipinski definition) is 2. The fourth-order valence-electron chi connectivity index (χ4n) is 2.17.